The molecule has 1 fully saturated rings. The SMILES string of the molecule is CCN(CCN1C(=O)CSC1c1cccs1)C(=O)c1cccs1. The first-order valence-electron chi connectivity index (χ1n) is 7.48. The number of likely N-dealkylation sites (N-methyl/N-ethyl adjacent to an activating group) is 1. The Balaban J connectivity index is 1.65. The van der Waals surface area contributed by atoms with Crippen LogP contribution in [-0.2, 0) is 4.79 Å². The molecule has 2 amide bonds. The molecule has 1 unspecified atom stereocenters. The molecule has 1 aliphatic rings. The lowest BCUT2D eigenvalue weighted by Gasteiger charge is -2.27. The first kappa shape index (κ1) is 16.5. The van der Waals surface area contributed by atoms with Gasteiger partial charge in [0.25, 0.3) is 5.91 Å². The lowest BCUT2D eigenvalue weighted by Crippen LogP contribution is -2.39. The molecule has 4 nitrogen and oxygen atoms in total. The molecule has 2 aromatic heterocycles. The molecule has 122 valence electrons. The zero-order valence-electron chi connectivity index (χ0n) is 12.8. The van der Waals surface area contributed by atoms with Gasteiger partial charge in [-0.1, -0.05) is 12.1 Å². The molecular formula is C16H18N2O2S3. The molecule has 0 aromatic carbocycles. The number of thiophene rings is 2. The second kappa shape index (κ2) is 7.51. The van der Waals surface area contributed by atoms with E-state index < -0.39 is 0 Å². The van der Waals surface area contributed by atoms with Crippen molar-refractivity contribution in [2.75, 3.05) is 25.4 Å². The van der Waals surface area contributed by atoms with Crippen LogP contribution in [0.3, 0.4) is 0 Å². The first-order valence-corrected chi connectivity index (χ1v) is 10.3. The fraction of sp³-hybridized carbons (Fsp3) is 0.375. The summed E-state index contributed by atoms with van der Waals surface area (Å²) in [6.07, 6.45) is 0. The molecule has 0 saturated carbocycles. The van der Waals surface area contributed by atoms with E-state index in [0.717, 1.165) is 4.88 Å². The number of hydrogen-bond donors (Lipinski definition) is 0. The zero-order valence-corrected chi connectivity index (χ0v) is 15.3. The highest BCUT2D eigenvalue weighted by molar-refractivity contribution is 8.00. The monoisotopic (exact) mass is 366 g/mol. The minimum Gasteiger partial charge on any atom is -0.336 e. The quantitative estimate of drug-likeness (QED) is 0.785. The van der Waals surface area contributed by atoms with Gasteiger partial charge in [-0.3, -0.25) is 9.59 Å². The normalized spacial score (nSPS) is 17.7. The Morgan fingerprint density at radius 2 is 2.09 bits per heavy atom. The van der Waals surface area contributed by atoms with Gasteiger partial charge in [-0.15, -0.1) is 34.4 Å². The van der Waals surface area contributed by atoms with Gasteiger partial charge < -0.3 is 9.80 Å². The van der Waals surface area contributed by atoms with Crippen molar-refractivity contribution in [3.63, 3.8) is 0 Å². The Morgan fingerprint density at radius 1 is 1.30 bits per heavy atom. The highest BCUT2D eigenvalue weighted by Crippen LogP contribution is 2.40. The van der Waals surface area contributed by atoms with E-state index in [1.807, 2.05) is 45.7 Å². The zero-order chi connectivity index (χ0) is 16.2. The van der Waals surface area contributed by atoms with Crippen molar-refractivity contribution in [2.24, 2.45) is 0 Å². The molecule has 0 spiro atoms. The second-order valence-electron chi connectivity index (χ2n) is 5.13. The summed E-state index contributed by atoms with van der Waals surface area (Å²) in [5.74, 6) is 0.732. The number of hydrogen-bond acceptors (Lipinski definition) is 5. The van der Waals surface area contributed by atoms with Crippen molar-refractivity contribution >= 4 is 46.2 Å². The maximum atomic E-state index is 12.5. The molecule has 23 heavy (non-hydrogen) atoms. The maximum absolute atomic E-state index is 12.5. The van der Waals surface area contributed by atoms with Crippen LogP contribution in [0.2, 0.25) is 0 Å². The summed E-state index contributed by atoms with van der Waals surface area (Å²) in [7, 11) is 0. The third kappa shape index (κ3) is 3.62. The standard InChI is InChI=1S/C16H18N2O2S3/c1-2-17(15(20)12-5-3-9-21-12)7-8-18-14(19)11-23-16(18)13-6-4-10-22-13/h3-6,9-10,16H,2,7-8,11H2,1H3. The summed E-state index contributed by atoms with van der Waals surface area (Å²) >= 11 is 4.80. The Labute approximate surface area is 148 Å². The average molecular weight is 367 g/mol. The predicted octanol–water partition coefficient (Wildman–Crippen LogP) is 3.55. The Morgan fingerprint density at radius 3 is 2.74 bits per heavy atom. The van der Waals surface area contributed by atoms with E-state index >= 15 is 0 Å². The van der Waals surface area contributed by atoms with E-state index in [2.05, 4.69) is 6.07 Å². The van der Waals surface area contributed by atoms with Crippen molar-refractivity contribution in [2.45, 2.75) is 12.3 Å². The molecule has 7 heteroatoms. The summed E-state index contributed by atoms with van der Waals surface area (Å²) in [4.78, 5) is 30.3. The summed E-state index contributed by atoms with van der Waals surface area (Å²) in [5.41, 5.74) is 0. The van der Waals surface area contributed by atoms with Crippen molar-refractivity contribution in [3.8, 4) is 0 Å². The van der Waals surface area contributed by atoms with Crippen molar-refractivity contribution < 1.29 is 9.59 Å². The molecule has 3 rings (SSSR count). The first-order chi connectivity index (χ1) is 11.2. The highest BCUT2D eigenvalue weighted by Gasteiger charge is 2.33. The van der Waals surface area contributed by atoms with Crippen molar-refractivity contribution in [1.29, 1.82) is 0 Å². The fourth-order valence-electron chi connectivity index (χ4n) is 2.55. The minimum atomic E-state index is 0.0504. The van der Waals surface area contributed by atoms with Crippen LogP contribution >= 0.6 is 34.4 Å². The smallest absolute Gasteiger partial charge is 0.263 e. The van der Waals surface area contributed by atoms with Crippen LogP contribution in [0.4, 0.5) is 0 Å². The largest absolute Gasteiger partial charge is 0.336 e. The van der Waals surface area contributed by atoms with Crippen LogP contribution in [0.15, 0.2) is 35.0 Å². The number of carbonyl (C=O) groups is 2. The summed E-state index contributed by atoms with van der Waals surface area (Å²) in [6.45, 7) is 3.78. The number of amides is 2. The van der Waals surface area contributed by atoms with Crippen molar-refractivity contribution in [3.05, 3.63) is 44.8 Å². The van der Waals surface area contributed by atoms with E-state index in [-0.39, 0.29) is 17.2 Å². The van der Waals surface area contributed by atoms with Crippen molar-refractivity contribution in [1.82, 2.24) is 9.80 Å². The number of carbonyl (C=O) groups excluding carboxylic acids is 2. The summed E-state index contributed by atoms with van der Waals surface area (Å²) < 4.78 is 0. The van der Waals surface area contributed by atoms with Gasteiger partial charge in [-0.25, -0.2) is 0 Å². The lowest BCUT2D eigenvalue weighted by molar-refractivity contribution is -0.128. The van der Waals surface area contributed by atoms with E-state index in [0.29, 0.717) is 25.4 Å². The van der Waals surface area contributed by atoms with Gasteiger partial charge in [-0.2, -0.15) is 0 Å². The van der Waals surface area contributed by atoms with Gasteiger partial charge in [0, 0.05) is 24.5 Å². The molecule has 0 bridgehead atoms. The average Bonchev–Trinajstić information content (AvgIpc) is 3.29. The van der Waals surface area contributed by atoms with Crippen LogP contribution in [0.1, 0.15) is 26.8 Å². The molecule has 1 atom stereocenters. The van der Waals surface area contributed by atoms with Gasteiger partial charge in [0.2, 0.25) is 5.91 Å². The molecule has 1 saturated heterocycles. The lowest BCUT2D eigenvalue weighted by atomic mass is 10.3. The minimum absolute atomic E-state index is 0.0504. The molecule has 2 aromatic rings. The van der Waals surface area contributed by atoms with E-state index in [1.54, 1.807) is 23.1 Å². The fourth-order valence-corrected chi connectivity index (χ4v) is 5.44. The molecule has 0 N–H and O–H groups in total. The Kier molecular flexibility index (Phi) is 5.40. The van der Waals surface area contributed by atoms with Crippen LogP contribution in [0.25, 0.3) is 0 Å². The van der Waals surface area contributed by atoms with Gasteiger partial charge >= 0.3 is 0 Å². The van der Waals surface area contributed by atoms with Gasteiger partial charge in [0.15, 0.2) is 0 Å². The third-order valence-corrected chi connectivity index (χ3v) is 6.94. The highest BCUT2D eigenvalue weighted by atomic mass is 32.2. The van der Waals surface area contributed by atoms with E-state index in [1.165, 1.54) is 16.2 Å². The van der Waals surface area contributed by atoms with E-state index in [4.69, 9.17) is 0 Å². The molecule has 1 aliphatic heterocycles. The number of thioether (sulfide) groups is 1. The predicted molar refractivity (Wildman–Crippen MR) is 97.1 cm³/mol. The van der Waals surface area contributed by atoms with Crippen LogP contribution in [0.5, 0.6) is 0 Å². The Bertz CT molecular complexity index is 655. The Hall–Kier alpha value is -1.31. The van der Waals surface area contributed by atoms with Crippen LogP contribution in [-0.4, -0.2) is 47.0 Å². The maximum Gasteiger partial charge on any atom is 0.263 e. The summed E-state index contributed by atoms with van der Waals surface area (Å²) in [5, 5.41) is 4.04. The van der Waals surface area contributed by atoms with Crippen LogP contribution in [0, 0.1) is 0 Å². The van der Waals surface area contributed by atoms with Gasteiger partial charge in [0.1, 0.15) is 5.37 Å². The van der Waals surface area contributed by atoms with Gasteiger partial charge in [-0.05, 0) is 29.8 Å². The third-order valence-electron chi connectivity index (χ3n) is 3.77. The molecular weight excluding hydrogens is 348 g/mol. The number of nitrogens with zero attached hydrogens (tertiary/aromatic N) is 2. The van der Waals surface area contributed by atoms with Crippen LogP contribution < -0.4 is 0 Å². The van der Waals surface area contributed by atoms with E-state index in [9.17, 15) is 9.59 Å². The topological polar surface area (TPSA) is 40.6 Å². The molecule has 0 aliphatic carbocycles. The second-order valence-corrected chi connectivity index (χ2v) is 8.12. The molecule has 0 radical (unpaired) electrons. The molecule has 3 heterocycles. The van der Waals surface area contributed by atoms with Gasteiger partial charge in [0.05, 0.1) is 10.6 Å². The number of rotatable bonds is 6. The summed E-state index contributed by atoms with van der Waals surface area (Å²) in [6, 6.07) is 7.82.